The Morgan fingerprint density at radius 2 is 0.773 bits per heavy atom. The van der Waals surface area contributed by atoms with Crippen LogP contribution < -0.4 is 26.6 Å². The number of aliphatic carboxylic acids is 4. The van der Waals surface area contributed by atoms with Crippen molar-refractivity contribution in [2.24, 2.45) is 0 Å². The van der Waals surface area contributed by atoms with Crippen LogP contribution in [0.15, 0.2) is 0 Å². The van der Waals surface area contributed by atoms with Gasteiger partial charge in [-0.3, -0.25) is 9.80 Å². The van der Waals surface area contributed by atoms with Crippen molar-refractivity contribution in [3.63, 3.8) is 0 Å². The van der Waals surface area contributed by atoms with E-state index in [4.69, 9.17) is 0 Å². The molecule has 4 N–H and O–H groups in total. The molecule has 12 heteroatoms. The second-order valence-electron chi connectivity index (χ2n) is 3.91. The van der Waals surface area contributed by atoms with E-state index in [9.17, 15) is 39.6 Å². The molecule has 0 heterocycles. The van der Waals surface area contributed by atoms with Crippen LogP contribution in [0.1, 0.15) is 0 Å². The van der Waals surface area contributed by atoms with Gasteiger partial charge in [0.05, 0.1) is 23.9 Å². The maximum Gasteiger partial charge on any atom is 2.00 e. The minimum atomic E-state index is -1.53. The number of rotatable bonds is 11. The SMILES string of the molecule is O=C([O-])CN(CCN(CC(=O)[O-])CC(=O)[O-])CC(=O)[O-].[NH4+].[Zn+2]. The number of hydrogen-bond donors (Lipinski definition) is 1. The van der Waals surface area contributed by atoms with Crippen LogP contribution in [0, 0.1) is 0 Å². The van der Waals surface area contributed by atoms with E-state index in [1.165, 1.54) is 0 Å². The molecular formula is C10H16N3O8Zn-. The molecule has 0 aromatic heterocycles. The van der Waals surface area contributed by atoms with Crippen molar-refractivity contribution in [1.29, 1.82) is 0 Å². The van der Waals surface area contributed by atoms with Crippen molar-refractivity contribution < 1.29 is 59.1 Å². The number of carboxylic acid groups (broad SMARTS) is 4. The summed E-state index contributed by atoms with van der Waals surface area (Å²) >= 11 is 0. The zero-order valence-corrected chi connectivity index (χ0v) is 15.1. The van der Waals surface area contributed by atoms with E-state index < -0.39 is 50.1 Å². The Morgan fingerprint density at radius 3 is 0.909 bits per heavy atom. The molecule has 0 aliphatic heterocycles. The summed E-state index contributed by atoms with van der Waals surface area (Å²) in [5.74, 6) is -6.12. The molecule has 0 amide bonds. The molecule has 22 heavy (non-hydrogen) atoms. The van der Waals surface area contributed by atoms with E-state index in [1.54, 1.807) is 0 Å². The molecule has 11 nitrogen and oxygen atoms in total. The number of hydrogen-bond acceptors (Lipinski definition) is 10. The van der Waals surface area contributed by atoms with Crippen molar-refractivity contribution in [2.75, 3.05) is 39.3 Å². The standard InChI is InChI=1S/C10H16N2O8.H3N.Zn/c13-7(14)3-11(4-8(15)16)1-2-12(5-9(17)18)6-10(19)20;;/h1-6H2,(H,13,14)(H,15,16)(H,17,18)(H,19,20);1H3;/q;;+2/p-3. The van der Waals surface area contributed by atoms with Gasteiger partial charge in [0.2, 0.25) is 0 Å². The molecule has 0 atom stereocenters. The molecule has 0 unspecified atom stereocenters. The van der Waals surface area contributed by atoms with Crippen molar-refractivity contribution in [2.45, 2.75) is 0 Å². The minimum Gasteiger partial charge on any atom is -0.549 e. The largest absolute Gasteiger partial charge is 2.00 e. The molecule has 0 aliphatic rings. The third-order valence-electron chi connectivity index (χ3n) is 2.14. The van der Waals surface area contributed by atoms with E-state index in [1.807, 2.05) is 0 Å². The Labute approximate surface area is 138 Å². The van der Waals surface area contributed by atoms with Gasteiger partial charge in [0.25, 0.3) is 0 Å². The first-order valence-electron chi connectivity index (χ1n) is 5.44. The molecular weight excluding hydrogens is 356 g/mol. The third-order valence-corrected chi connectivity index (χ3v) is 2.14. The molecule has 0 bridgehead atoms. The monoisotopic (exact) mass is 370 g/mol. The van der Waals surface area contributed by atoms with Crippen LogP contribution in [0.4, 0.5) is 0 Å². The van der Waals surface area contributed by atoms with Crippen LogP contribution >= 0.6 is 0 Å². The number of carboxylic acids is 4. The summed E-state index contributed by atoms with van der Waals surface area (Å²) in [4.78, 5) is 43.4. The minimum absolute atomic E-state index is 0. The van der Waals surface area contributed by atoms with Gasteiger partial charge in [-0.2, -0.15) is 0 Å². The zero-order valence-electron chi connectivity index (χ0n) is 12.1. The first-order valence-corrected chi connectivity index (χ1v) is 5.44. The van der Waals surface area contributed by atoms with E-state index >= 15 is 0 Å². The second-order valence-corrected chi connectivity index (χ2v) is 3.91. The molecule has 0 rings (SSSR count). The topological polar surface area (TPSA) is 204 Å². The number of carbonyl (C=O) groups excluding carboxylic acids is 4. The first kappa shape index (κ1) is 25.3. The van der Waals surface area contributed by atoms with Crippen LogP contribution in [-0.4, -0.2) is 72.9 Å². The number of quaternary nitrogens is 1. The van der Waals surface area contributed by atoms with E-state index in [2.05, 4.69) is 0 Å². The summed E-state index contributed by atoms with van der Waals surface area (Å²) in [6.07, 6.45) is 0. The molecule has 0 saturated carbocycles. The van der Waals surface area contributed by atoms with Gasteiger partial charge in [-0.25, -0.2) is 0 Å². The summed E-state index contributed by atoms with van der Waals surface area (Å²) < 4.78 is 0. The second kappa shape index (κ2) is 13.1. The predicted molar refractivity (Wildman–Crippen MR) is 58.9 cm³/mol. The van der Waals surface area contributed by atoms with Gasteiger partial charge >= 0.3 is 19.5 Å². The molecule has 0 radical (unpaired) electrons. The molecule has 0 aliphatic carbocycles. The Morgan fingerprint density at radius 1 is 0.591 bits per heavy atom. The summed E-state index contributed by atoms with van der Waals surface area (Å²) in [6.45, 7) is -3.25. The molecule has 0 aromatic carbocycles. The van der Waals surface area contributed by atoms with Gasteiger partial charge < -0.3 is 45.8 Å². The quantitative estimate of drug-likeness (QED) is 0.339. The maximum absolute atomic E-state index is 10.4. The van der Waals surface area contributed by atoms with E-state index in [0.29, 0.717) is 0 Å². The van der Waals surface area contributed by atoms with Crippen molar-refractivity contribution in [3.05, 3.63) is 0 Å². The van der Waals surface area contributed by atoms with Gasteiger partial charge in [0.15, 0.2) is 0 Å². The van der Waals surface area contributed by atoms with E-state index in [0.717, 1.165) is 9.80 Å². The average Bonchev–Trinajstić information content (AvgIpc) is 2.22. The Hall–Kier alpha value is -1.62. The molecule has 122 valence electrons. The van der Waals surface area contributed by atoms with E-state index in [-0.39, 0.29) is 38.7 Å². The van der Waals surface area contributed by atoms with Crippen molar-refractivity contribution >= 4 is 23.9 Å². The van der Waals surface area contributed by atoms with Gasteiger partial charge in [0.1, 0.15) is 0 Å². The fourth-order valence-electron chi connectivity index (χ4n) is 1.44. The fourth-order valence-corrected chi connectivity index (χ4v) is 1.44. The fraction of sp³-hybridized carbons (Fsp3) is 0.600. The summed E-state index contributed by atoms with van der Waals surface area (Å²) in [7, 11) is 0. The van der Waals surface area contributed by atoms with Crippen LogP contribution in [0.25, 0.3) is 0 Å². The zero-order chi connectivity index (χ0) is 15.7. The molecule has 0 spiro atoms. The third kappa shape index (κ3) is 14.8. The van der Waals surface area contributed by atoms with Gasteiger partial charge in [-0.1, -0.05) is 0 Å². The van der Waals surface area contributed by atoms with Gasteiger partial charge in [0, 0.05) is 39.3 Å². The Kier molecular flexibility index (Phi) is 15.1. The van der Waals surface area contributed by atoms with Crippen LogP contribution in [-0.2, 0) is 38.7 Å². The molecule has 0 saturated heterocycles. The van der Waals surface area contributed by atoms with Crippen LogP contribution in [0.2, 0.25) is 0 Å². The van der Waals surface area contributed by atoms with Gasteiger partial charge in [-0.05, 0) is 0 Å². The smallest absolute Gasteiger partial charge is 0.549 e. The number of nitrogens with zero attached hydrogens (tertiary/aromatic N) is 2. The van der Waals surface area contributed by atoms with Crippen LogP contribution in [0.5, 0.6) is 0 Å². The predicted octanol–water partition coefficient (Wildman–Crippen LogP) is -7.04. The summed E-state index contributed by atoms with van der Waals surface area (Å²) in [6, 6.07) is 0. The van der Waals surface area contributed by atoms with Crippen LogP contribution in [0.3, 0.4) is 0 Å². The van der Waals surface area contributed by atoms with Crippen molar-refractivity contribution in [3.8, 4) is 0 Å². The molecule has 0 aromatic rings. The van der Waals surface area contributed by atoms with Gasteiger partial charge in [-0.15, -0.1) is 0 Å². The summed E-state index contributed by atoms with van der Waals surface area (Å²) in [5.41, 5.74) is 0. The normalized spacial score (nSPS) is 9.73. The summed E-state index contributed by atoms with van der Waals surface area (Å²) in [5, 5.41) is 41.6. The Bertz CT molecular complexity index is 324. The number of carbonyl (C=O) groups is 4. The Balaban J connectivity index is -0.00000180. The molecule has 0 fully saturated rings. The maximum atomic E-state index is 10.4. The first-order chi connectivity index (χ1) is 9.20. The average molecular weight is 372 g/mol. The van der Waals surface area contributed by atoms with Crippen molar-refractivity contribution in [1.82, 2.24) is 16.0 Å².